The number of nitrogens with zero attached hydrogens (tertiary/aromatic N) is 1. The van der Waals surface area contributed by atoms with Crippen LogP contribution in [0.5, 0.6) is 5.75 Å². The molecule has 2 aromatic rings. The number of hydrogen-bond donors (Lipinski definition) is 2. The van der Waals surface area contributed by atoms with E-state index in [0.717, 1.165) is 5.56 Å². The van der Waals surface area contributed by atoms with Crippen LogP contribution < -0.4 is 15.6 Å². The Morgan fingerprint density at radius 1 is 1.29 bits per heavy atom. The van der Waals surface area contributed by atoms with Gasteiger partial charge in [-0.25, -0.2) is 5.43 Å². The predicted molar refractivity (Wildman–Crippen MR) is 76.6 cm³/mol. The first-order chi connectivity index (χ1) is 10.2. The highest BCUT2D eigenvalue weighted by Crippen LogP contribution is 2.15. The Morgan fingerprint density at radius 2 is 2.05 bits per heavy atom. The SMILES string of the molecule is COc1ccc(C(C=O)NNC(=O)c2cccnc2)cc1. The summed E-state index contributed by atoms with van der Waals surface area (Å²) in [6.07, 6.45) is 3.74. The average molecular weight is 285 g/mol. The number of pyridine rings is 1. The van der Waals surface area contributed by atoms with E-state index in [-0.39, 0.29) is 5.91 Å². The zero-order chi connectivity index (χ0) is 15.1. The van der Waals surface area contributed by atoms with Crippen molar-refractivity contribution in [2.24, 2.45) is 0 Å². The average Bonchev–Trinajstić information content (AvgIpc) is 2.56. The topological polar surface area (TPSA) is 80.3 Å². The van der Waals surface area contributed by atoms with Crippen LogP contribution in [0, 0.1) is 0 Å². The summed E-state index contributed by atoms with van der Waals surface area (Å²) < 4.78 is 5.05. The molecule has 6 heteroatoms. The molecule has 108 valence electrons. The van der Waals surface area contributed by atoms with E-state index in [0.29, 0.717) is 17.6 Å². The number of nitrogens with one attached hydrogen (secondary N) is 2. The van der Waals surface area contributed by atoms with E-state index in [4.69, 9.17) is 4.74 Å². The molecule has 6 nitrogen and oxygen atoms in total. The summed E-state index contributed by atoms with van der Waals surface area (Å²) >= 11 is 0. The second-order valence-corrected chi connectivity index (χ2v) is 4.23. The van der Waals surface area contributed by atoms with Crippen molar-refractivity contribution in [2.45, 2.75) is 6.04 Å². The molecule has 1 aromatic heterocycles. The van der Waals surface area contributed by atoms with Crippen LogP contribution in [-0.2, 0) is 4.79 Å². The highest BCUT2D eigenvalue weighted by molar-refractivity contribution is 5.93. The number of ether oxygens (including phenoxy) is 1. The van der Waals surface area contributed by atoms with Crippen molar-refractivity contribution in [3.05, 3.63) is 59.9 Å². The normalized spacial score (nSPS) is 11.5. The maximum absolute atomic E-state index is 11.8. The minimum atomic E-state index is -0.642. The quantitative estimate of drug-likeness (QED) is 0.617. The molecule has 0 aliphatic heterocycles. The first-order valence-corrected chi connectivity index (χ1v) is 6.29. The van der Waals surface area contributed by atoms with Gasteiger partial charge in [-0.2, -0.15) is 0 Å². The second kappa shape index (κ2) is 7.16. The summed E-state index contributed by atoms with van der Waals surface area (Å²) in [6, 6.07) is 9.65. The molecule has 1 heterocycles. The van der Waals surface area contributed by atoms with Crippen LogP contribution in [0.25, 0.3) is 0 Å². The fraction of sp³-hybridized carbons (Fsp3) is 0.133. The number of methoxy groups -OCH3 is 1. The van der Waals surface area contributed by atoms with Crippen molar-refractivity contribution in [2.75, 3.05) is 7.11 Å². The van der Waals surface area contributed by atoms with E-state index < -0.39 is 6.04 Å². The van der Waals surface area contributed by atoms with Gasteiger partial charge in [0.2, 0.25) is 0 Å². The largest absolute Gasteiger partial charge is 0.497 e. The molecule has 0 fully saturated rings. The molecule has 1 atom stereocenters. The lowest BCUT2D eigenvalue weighted by atomic mass is 10.1. The van der Waals surface area contributed by atoms with Gasteiger partial charge in [-0.1, -0.05) is 12.1 Å². The monoisotopic (exact) mass is 285 g/mol. The van der Waals surface area contributed by atoms with E-state index >= 15 is 0 Å². The highest BCUT2D eigenvalue weighted by Gasteiger charge is 2.12. The molecular weight excluding hydrogens is 270 g/mol. The first kappa shape index (κ1) is 14.7. The van der Waals surface area contributed by atoms with Gasteiger partial charge in [0.05, 0.1) is 12.7 Å². The number of rotatable bonds is 6. The molecule has 1 unspecified atom stereocenters. The van der Waals surface area contributed by atoms with Crippen LogP contribution in [0.4, 0.5) is 0 Å². The number of benzene rings is 1. The van der Waals surface area contributed by atoms with Gasteiger partial charge in [-0.05, 0) is 29.8 Å². The molecule has 0 spiro atoms. The van der Waals surface area contributed by atoms with Crippen molar-refractivity contribution in [3.8, 4) is 5.75 Å². The van der Waals surface area contributed by atoms with E-state index in [1.807, 2.05) is 0 Å². The third-order valence-corrected chi connectivity index (χ3v) is 2.88. The molecule has 2 N–H and O–H groups in total. The Balaban J connectivity index is 1.99. The van der Waals surface area contributed by atoms with Crippen molar-refractivity contribution in [1.82, 2.24) is 15.8 Å². The minimum absolute atomic E-state index is 0.358. The Bertz CT molecular complexity index is 599. The molecule has 1 aromatic carbocycles. The van der Waals surface area contributed by atoms with Crippen LogP contribution in [0.3, 0.4) is 0 Å². The summed E-state index contributed by atoms with van der Waals surface area (Å²) in [5.41, 5.74) is 6.30. The molecule has 1 amide bonds. The molecule has 0 radical (unpaired) electrons. The van der Waals surface area contributed by atoms with E-state index in [2.05, 4.69) is 15.8 Å². The molecule has 0 aliphatic carbocycles. The number of aromatic nitrogens is 1. The summed E-state index contributed by atoms with van der Waals surface area (Å²) in [5.74, 6) is 0.339. The van der Waals surface area contributed by atoms with Gasteiger partial charge in [-0.15, -0.1) is 0 Å². The van der Waals surface area contributed by atoms with Crippen LogP contribution >= 0.6 is 0 Å². The molecular formula is C15H15N3O3. The van der Waals surface area contributed by atoms with Crippen LogP contribution in [0.2, 0.25) is 0 Å². The van der Waals surface area contributed by atoms with Gasteiger partial charge in [0.25, 0.3) is 5.91 Å². The molecule has 0 bridgehead atoms. The number of carbonyl (C=O) groups is 2. The lowest BCUT2D eigenvalue weighted by Crippen LogP contribution is -2.40. The molecule has 2 rings (SSSR count). The van der Waals surface area contributed by atoms with Crippen LogP contribution in [-0.4, -0.2) is 24.3 Å². The summed E-state index contributed by atoms with van der Waals surface area (Å²) in [4.78, 5) is 26.9. The Hall–Kier alpha value is -2.73. The summed E-state index contributed by atoms with van der Waals surface area (Å²) in [6.45, 7) is 0. The Morgan fingerprint density at radius 3 is 2.62 bits per heavy atom. The number of hydrogen-bond acceptors (Lipinski definition) is 5. The Labute approximate surface area is 122 Å². The van der Waals surface area contributed by atoms with Crippen LogP contribution in [0.15, 0.2) is 48.8 Å². The summed E-state index contributed by atoms with van der Waals surface area (Å²) in [5, 5.41) is 0. The molecule has 0 aliphatic rings. The first-order valence-electron chi connectivity index (χ1n) is 6.29. The highest BCUT2D eigenvalue weighted by atomic mass is 16.5. The zero-order valence-corrected chi connectivity index (χ0v) is 11.4. The van der Waals surface area contributed by atoms with Gasteiger partial charge in [-0.3, -0.25) is 15.2 Å². The maximum atomic E-state index is 11.8. The minimum Gasteiger partial charge on any atom is -0.497 e. The van der Waals surface area contributed by atoms with E-state index in [1.54, 1.807) is 49.7 Å². The van der Waals surface area contributed by atoms with E-state index in [1.165, 1.54) is 6.20 Å². The maximum Gasteiger partial charge on any atom is 0.266 e. The fourth-order valence-electron chi connectivity index (χ4n) is 1.72. The van der Waals surface area contributed by atoms with Crippen molar-refractivity contribution >= 4 is 12.2 Å². The summed E-state index contributed by atoms with van der Waals surface area (Å²) in [7, 11) is 1.57. The Kier molecular flexibility index (Phi) is 5.00. The van der Waals surface area contributed by atoms with Gasteiger partial charge < -0.3 is 9.53 Å². The van der Waals surface area contributed by atoms with Gasteiger partial charge in [0.15, 0.2) is 0 Å². The van der Waals surface area contributed by atoms with Gasteiger partial charge in [0, 0.05) is 12.4 Å². The second-order valence-electron chi connectivity index (χ2n) is 4.23. The predicted octanol–water partition coefficient (Wildman–Crippen LogP) is 1.26. The smallest absolute Gasteiger partial charge is 0.266 e. The molecule has 0 saturated carbocycles. The van der Waals surface area contributed by atoms with Gasteiger partial charge in [0.1, 0.15) is 18.1 Å². The van der Waals surface area contributed by atoms with Crippen molar-refractivity contribution in [1.29, 1.82) is 0 Å². The lowest BCUT2D eigenvalue weighted by Gasteiger charge is -2.14. The number of amides is 1. The number of carbonyl (C=O) groups excluding carboxylic acids is 2. The third kappa shape index (κ3) is 3.87. The van der Waals surface area contributed by atoms with Crippen molar-refractivity contribution in [3.63, 3.8) is 0 Å². The standard InChI is InChI=1S/C15H15N3O3/c1-21-13-6-4-11(5-7-13)14(10-19)17-18-15(20)12-3-2-8-16-9-12/h2-10,14,17H,1H3,(H,18,20). The molecule has 21 heavy (non-hydrogen) atoms. The molecule has 0 saturated heterocycles. The van der Waals surface area contributed by atoms with Gasteiger partial charge >= 0.3 is 0 Å². The third-order valence-electron chi connectivity index (χ3n) is 2.88. The fourth-order valence-corrected chi connectivity index (χ4v) is 1.72. The van der Waals surface area contributed by atoms with Crippen molar-refractivity contribution < 1.29 is 14.3 Å². The van der Waals surface area contributed by atoms with Crippen LogP contribution in [0.1, 0.15) is 22.0 Å². The lowest BCUT2D eigenvalue weighted by molar-refractivity contribution is -0.109. The number of aldehydes is 1. The number of hydrazine groups is 1. The zero-order valence-electron chi connectivity index (χ0n) is 11.4. The van der Waals surface area contributed by atoms with E-state index in [9.17, 15) is 9.59 Å².